The van der Waals surface area contributed by atoms with Gasteiger partial charge in [-0.1, -0.05) is 41.1 Å². The summed E-state index contributed by atoms with van der Waals surface area (Å²) in [4.78, 5) is 16.7. The first kappa shape index (κ1) is 22.6. The van der Waals surface area contributed by atoms with E-state index in [0.29, 0.717) is 6.61 Å². The number of methoxy groups -OCH3 is 1. The Morgan fingerprint density at radius 3 is 2.72 bits per heavy atom. The van der Waals surface area contributed by atoms with Crippen LogP contribution < -0.4 is 4.74 Å². The standard InChI is InChI=1S/C26H29BrN2O3/c1-16(26(30)31-4)22-11-7-19-15-21(10-12-23(19)22)32-14-13-24-17(2)28-25(29(24)3)18-5-8-20(27)9-6-18/h5-6,8-10,12,15-16,22H,7,11,13-14H2,1-4H3/t16-,22-/m0/s1. The van der Waals surface area contributed by atoms with Gasteiger partial charge < -0.3 is 14.0 Å². The monoisotopic (exact) mass is 496 g/mol. The van der Waals surface area contributed by atoms with E-state index in [-0.39, 0.29) is 17.8 Å². The zero-order chi connectivity index (χ0) is 22.8. The van der Waals surface area contributed by atoms with Gasteiger partial charge in [-0.05, 0) is 61.1 Å². The van der Waals surface area contributed by atoms with Crippen LogP contribution in [-0.4, -0.2) is 29.2 Å². The average molecular weight is 497 g/mol. The molecule has 1 aliphatic carbocycles. The van der Waals surface area contributed by atoms with E-state index in [2.05, 4.69) is 58.7 Å². The zero-order valence-corrected chi connectivity index (χ0v) is 20.6. The molecule has 32 heavy (non-hydrogen) atoms. The summed E-state index contributed by atoms with van der Waals surface area (Å²) in [5, 5.41) is 0. The van der Waals surface area contributed by atoms with Crippen molar-refractivity contribution in [3.63, 3.8) is 0 Å². The number of benzene rings is 2. The Morgan fingerprint density at radius 1 is 1.25 bits per heavy atom. The Labute approximate surface area is 197 Å². The zero-order valence-electron chi connectivity index (χ0n) is 19.0. The summed E-state index contributed by atoms with van der Waals surface area (Å²) in [6, 6.07) is 14.5. The van der Waals surface area contributed by atoms with E-state index in [4.69, 9.17) is 14.5 Å². The number of fused-ring (bicyclic) bond motifs is 1. The first-order chi connectivity index (χ1) is 15.4. The summed E-state index contributed by atoms with van der Waals surface area (Å²) in [5.74, 6) is 1.80. The van der Waals surface area contributed by atoms with Gasteiger partial charge in [0.15, 0.2) is 0 Å². The van der Waals surface area contributed by atoms with E-state index in [1.165, 1.54) is 23.9 Å². The first-order valence-corrected chi connectivity index (χ1v) is 11.8. The Morgan fingerprint density at radius 2 is 2.00 bits per heavy atom. The van der Waals surface area contributed by atoms with Crippen molar-refractivity contribution in [1.82, 2.24) is 9.55 Å². The van der Waals surface area contributed by atoms with Crippen LogP contribution in [0.4, 0.5) is 0 Å². The Balaban J connectivity index is 1.42. The van der Waals surface area contributed by atoms with Crippen LogP contribution in [0, 0.1) is 12.8 Å². The fourth-order valence-corrected chi connectivity index (χ4v) is 4.99. The summed E-state index contributed by atoms with van der Waals surface area (Å²) in [6.45, 7) is 4.59. The smallest absolute Gasteiger partial charge is 0.308 e. The van der Waals surface area contributed by atoms with Crippen molar-refractivity contribution in [2.24, 2.45) is 13.0 Å². The number of imidazole rings is 1. The second kappa shape index (κ2) is 9.49. The number of esters is 1. The molecule has 0 bridgehead atoms. The summed E-state index contributed by atoms with van der Waals surface area (Å²) >= 11 is 3.49. The van der Waals surface area contributed by atoms with Crippen LogP contribution in [0.1, 0.15) is 41.8 Å². The largest absolute Gasteiger partial charge is 0.493 e. The first-order valence-electron chi connectivity index (χ1n) is 11.0. The fourth-order valence-electron chi connectivity index (χ4n) is 4.73. The molecule has 4 rings (SSSR count). The third-order valence-corrected chi connectivity index (χ3v) is 7.07. The molecule has 0 amide bonds. The highest BCUT2D eigenvalue weighted by molar-refractivity contribution is 9.10. The van der Waals surface area contributed by atoms with Gasteiger partial charge in [0, 0.05) is 29.2 Å². The Bertz CT molecular complexity index is 1120. The Hall–Kier alpha value is -2.60. The van der Waals surface area contributed by atoms with Crippen LogP contribution in [0.5, 0.6) is 5.75 Å². The number of hydrogen-bond acceptors (Lipinski definition) is 4. The third kappa shape index (κ3) is 4.46. The Kier molecular flexibility index (Phi) is 6.70. The van der Waals surface area contributed by atoms with Gasteiger partial charge in [-0.15, -0.1) is 0 Å². The molecule has 0 spiro atoms. The molecule has 0 saturated heterocycles. The van der Waals surface area contributed by atoms with Gasteiger partial charge in [0.1, 0.15) is 11.6 Å². The molecule has 3 aromatic rings. The minimum atomic E-state index is -0.141. The maximum Gasteiger partial charge on any atom is 0.308 e. The maximum absolute atomic E-state index is 12.0. The van der Waals surface area contributed by atoms with E-state index >= 15 is 0 Å². The quantitative estimate of drug-likeness (QED) is 0.398. The van der Waals surface area contributed by atoms with Gasteiger partial charge in [-0.25, -0.2) is 4.98 Å². The lowest BCUT2D eigenvalue weighted by Crippen LogP contribution is -2.19. The molecule has 2 atom stereocenters. The van der Waals surface area contributed by atoms with E-state index in [0.717, 1.165) is 46.6 Å². The van der Waals surface area contributed by atoms with Crippen LogP contribution in [0.15, 0.2) is 46.9 Å². The molecule has 2 aromatic carbocycles. The molecule has 0 unspecified atom stereocenters. The predicted octanol–water partition coefficient (Wildman–Crippen LogP) is 5.62. The average Bonchev–Trinajstić information content (AvgIpc) is 3.34. The lowest BCUT2D eigenvalue weighted by atomic mass is 9.89. The van der Waals surface area contributed by atoms with Gasteiger partial charge >= 0.3 is 5.97 Å². The number of carbonyl (C=O) groups excluding carboxylic acids is 1. The van der Waals surface area contributed by atoms with E-state index in [1.807, 2.05) is 25.1 Å². The van der Waals surface area contributed by atoms with Crippen LogP contribution in [-0.2, 0) is 29.4 Å². The number of ether oxygens (including phenoxy) is 2. The summed E-state index contributed by atoms with van der Waals surface area (Å²) < 4.78 is 14.3. The SMILES string of the molecule is COC(=O)[C@@H](C)[C@@H]1CCc2cc(OCCc3c(C)nc(-c4ccc(Br)cc4)n3C)ccc21. The lowest BCUT2D eigenvalue weighted by molar-refractivity contribution is -0.145. The number of rotatable bonds is 7. The highest BCUT2D eigenvalue weighted by Crippen LogP contribution is 2.40. The third-order valence-electron chi connectivity index (χ3n) is 6.54. The highest BCUT2D eigenvalue weighted by atomic mass is 79.9. The number of nitrogens with zero attached hydrogens (tertiary/aromatic N) is 2. The summed E-state index contributed by atoms with van der Waals surface area (Å²) in [6.07, 6.45) is 2.73. The fraction of sp³-hybridized carbons (Fsp3) is 0.385. The molecule has 0 radical (unpaired) electrons. The van der Waals surface area contributed by atoms with Crippen molar-refractivity contribution in [3.8, 4) is 17.1 Å². The van der Waals surface area contributed by atoms with E-state index in [1.54, 1.807) is 0 Å². The van der Waals surface area contributed by atoms with Crippen molar-refractivity contribution in [1.29, 1.82) is 0 Å². The van der Waals surface area contributed by atoms with E-state index < -0.39 is 0 Å². The molecule has 1 aliphatic rings. The molecule has 0 N–H and O–H groups in total. The van der Waals surface area contributed by atoms with Gasteiger partial charge in [-0.2, -0.15) is 0 Å². The highest BCUT2D eigenvalue weighted by Gasteiger charge is 2.32. The number of hydrogen-bond donors (Lipinski definition) is 0. The van der Waals surface area contributed by atoms with Gasteiger partial charge in [0.2, 0.25) is 0 Å². The second-order valence-electron chi connectivity index (χ2n) is 8.45. The molecule has 0 fully saturated rings. The van der Waals surface area contributed by atoms with Crippen LogP contribution in [0.2, 0.25) is 0 Å². The summed E-state index contributed by atoms with van der Waals surface area (Å²) in [5.41, 5.74) is 5.83. The molecule has 168 valence electrons. The van der Waals surface area contributed by atoms with Crippen molar-refractivity contribution >= 4 is 21.9 Å². The van der Waals surface area contributed by atoms with Crippen LogP contribution in [0.3, 0.4) is 0 Å². The maximum atomic E-state index is 12.0. The molecular weight excluding hydrogens is 468 g/mol. The molecular formula is C26H29BrN2O3. The predicted molar refractivity (Wildman–Crippen MR) is 129 cm³/mol. The summed E-state index contributed by atoms with van der Waals surface area (Å²) in [7, 11) is 3.52. The molecule has 5 nitrogen and oxygen atoms in total. The normalized spacial score (nSPS) is 16.0. The minimum Gasteiger partial charge on any atom is -0.493 e. The molecule has 0 saturated carbocycles. The lowest BCUT2D eigenvalue weighted by Gasteiger charge is -2.18. The van der Waals surface area contributed by atoms with Crippen LogP contribution >= 0.6 is 15.9 Å². The van der Waals surface area contributed by atoms with Gasteiger partial charge in [0.25, 0.3) is 0 Å². The molecule has 6 heteroatoms. The topological polar surface area (TPSA) is 53.4 Å². The van der Waals surface area contributed by atoms with Gasteiger partial charge in [-0.3, -0.25) is 4.79 Å². The van der Waals surface area contributed by atoms with Crippen molar-refractivity contribution in [2.45, 2.75) is 39.0 Å². The number of carbonyl (C=O) groups is 1. The van der Waals surface area contributed by atoms with E-state index in [9.17, 15) is 4.79 Å². The molecule has 1 heterocycles. The van der Waals surface area contributed by atoms with Crippen molar-refractivity contribution in [2.75, 3.05) is 13.7 Å². The number of halogens is 1. The second-order valence-corrected chi connectivity index (χ2v) is 9.37. The number of aromatic nitrogens is 2. The number of aryl methyl sites for hydroxylation is 2. The van der Waals surface area contributed by atoms with Crippen LogP contribution in [0.25, 0.3) is 11.4 Å². The van der Waals surface area contributed by atoms with Crippen molar-refractivity contribution < 1.29 is 14.3 Å². The van der Waals surface area contributed by atoms with Gasteiger partial charge in [0.05, 0.1) is 25.3 Å². The molecule has 1 aromatic heterocycles. The minimum absolute atomic E-state index is 0.124. The molecule has 0 aliphatic heterocycles. The van der Waals surface area contributed by atoms with Crippen molar-refractivity contribution in [3.05, 3.63) is 69.5 Å².